The number of β-amino-alcohol motifs (C(OH)–C–C–N with tert-alkyl or cyclic N) is 1. The second kappa shape index (κ2) is 5.04. The third-order valence-electron chi connectivity index (χ3n) is 3.04. The Balaban J connectivity index is 2.28. The summed E-state index contributed by atoms with van der Waals surface area (Å²) in [5.41, 5.74) is 7.75. The highest BCUT2D eigenvalue weighted by Crippen LogP contribution is 2.29. The van der Waals surface area contributed by atoms with Crippen LogP contribution in [0.5, 0.6) is 0 Å². The summed E-state index contributed by atoms with van der Waals surface area (Å²) in [7, 11) is 0. The molecule has 1 heterocycles. The van der Waals surface area contributed by atoms with Crippen molar-refractivity contribution in [3.05, 3.63) is 28.8 Å². The van der Waals surface area contributed by atoms with Crippen LogP contribution in [0, 0.1) is 0 Å². The summed E-state index contributed by atoms with van der Waals surface area (Å²) in [6, 6.07) is 5.80. The normalized spacial score (nSPS) is 21.2. The lowest BCUT2D eigenvalue weighted by molar-refractivity contribution is 0.154. The van der Waals surface area contributed by atoms with Gasteiger partial charge >= 0.3 is 0 Å². The van der Waals surface area contributed by atoms with Gasteiger partial charge in [-0.1, -0.05) is 17.7 Å². The van der Waals surface area contributed by atoms with E-state index in [1.54, 1.807) is 0 Å². The Kier molecular flexibility index (Phi) is 3.69. The maximum absolute atomic E-state index is 9.67. The topological polar surface area (TPSA) is 49.5 Å². The minimum Gasteiger partial charge on any atom is -0.391 e. The molecule has 2 rings (SSSR count). The molecular weight excluding hydrogens is 224 g/mol. The van der Waals surface area contributed by atoms with Gasteiger partial charge in [0.15, 0.2) is 0 Å². The molecule has 0 radical (unpaired) electrons. The molecule has 1 saturated heterocycles. The van der Waals surface area contributed by atoms with Crippen molar-refractivity contribution >= 4 is 17.3 Å². The van der Waals surface area contributed by atoms with Gasteiger partial charge in [0.1, 0.15) is 0 Å². The number of aliphatic hydroxyl groups excluding tert-OH is 1. The molecule has 1 aliphatic heterocycles. The third-order valence-corrected chi connectivity index (χ3v) is 3.39. The van der Waals surface area contributed by atoms with E-state index in [4.69, 9.17) is 17.3 Å². The Hall–Kier alpha value is -0.770. The molecule has 1 atom stereocenters. The van der Waals surface area contributed by atoms with Gasteiger partial charge in [0, 0.05) is 35.9 Å². The van der Waals surface area contributed by atoms with Gasteiger partial charge in [-0.15, -0.1) is 0 Å². The fraction of sp³-hybridized carbons (Fsp3) is 0.500. The van der Waals surface area contributed by atoms with E-state index < -0.39 is 0 Å². The number of nitrogens with two attached hydrogens (primary N) is 1. The largest absolute Gasteiger partial charge is 0.391 e. The zero-order chi connectivity index (χ0) is 11.5. The minimum absolute atomic E-state index is 0.238. The van der Waals surface area contributed by atoms with Gasteiger partial charge in [0.2, 0.25) is 0 Å². The predicted octanol–water partition coefficient (Wildman–Crippen LogP) is 1.76. The highest BCUT2D eigenvalue weighted by Gasteiger charge is 2.20. The Labute approximate surface area is 101 Å². The number of nitrogens with zero attached hydrogens (tertiary/aromatic N) is 1. The van der Waals surface area contributed by atoms with Crippen LogP contribution in [0.15, 0.2) is 18.2 Å². The fourth-order valence-electron chi connectivity index (χ4n) is 2.22. The Morgan fingerprint density at radius 2 is 2.31 bits per heavy atom. The van der Waals surface area contributed by atoms with Crippen molar-refractivity contribution in [2.75, 3.05) is 18.0 Å². The monoisotopic (exact) mass is 240 g/mol. The number of piperidine rings is 1. The molecule has 16 heavy (non-hydrogen) atoms. The van der Waals surface area contributed by atoms with E-state index in [-0.39, 0.29) is 6.10 Å². The number of aliphatic hydroxyl groups is 1. The quantitative estimate of drug-likeness (QED) is 0.828. The lowest BCUT2D eigenvalue weighted by atomic mass is 10.1. The maximum Gasteiger partial charge on any atom is 0.0715 e. The van der Waals surface area contributed by atoms with Gasteiger partial charge in [0.25, 0.3) is 0 Å². The van der Waals surface area contributed by atoms with Crippen LogP contribution in [0.25, 0.3) is 0 Å². The van der Waals surface area contributed by atoms with Crippen LogP contribution in [0.4, 0.5) is 5.69 Å². The molecule has 88 valence electrons. The molecule has 3 N–H and O–H groups in total. The predicted molar refractivity (Wildman–Crippen MR) is 66.8 cm³/mol. The van der Waals surface area contributed by atoms with E-state index in [2.05, 4.69) is 4.90 Å². The van der Waals surface area contributed by atoms with Crippen molar-refractivity contribution in [1.29, 1.82) is 0 Å². The Morgan fingerprint density at radius 3 is 3.00 bits per heavy atom. The van der Waals surface area contributed by atoms with E-state index in [0.717, 1.165) is 30.6 Å². The SMILES string of the molecule is NCc1c(Cl)cccc1N1CCCC(O)C1. The van der Waals surface area contributed by atoms with Gasteiger partial charge in [-0.2, -0.15) is 0 Å². The molecule has 0 spiro atoms. The molecule has 0 saturated carbocycles. The molecule has 1 unspecified atom stereocenters. The van der Waals surface area contributed by atoms with Crippen molar-refractivity contribution in [2.45, 2.75) is 25.5 Å². The first-order valence-corrected chi connectivity index (χ1v) is 6.00. The van der Waals surface area contributed by atoms with Crippen LogP contribution in [0.1, 0.15) is 18.4 Å². The summed E-state index contributed by atoms with van der Waals surface area (Å²) in [4.78, 5) is 2.17. The smallest absolute Gasteiger partial charge is 0.0715 e. The first-order valence-electron chi connectivity index (χ1n) is 5.63. The summed E-state index contributed by atoms with van der Waals surface area (Å²) < 4.78 is 0. The van der Waals surface area contributed by atoms with E-state index in [1.807, 2.05) is 18.2 Å². The number of benzene rings is 1. The molecule has 1 aromatic carbocycles. The lowest BCUT2D eigenvalue weighted by Crippen LogP contribution is -2.38. The number of hydrogen-bond donors (Lipinski definition) is 2. The van der Waals surface area contributed by atoms with Crippen molar-refractivity contribution < 1.29 is 5.11 Å². The lowest BCUT2D eigenvalue weighted by Gasteiger charge is -2.33. The number of hydrogen-bond acceptors (Lipinski definition) is 3. The van der Waals surface area contributed by atoms with Crippen LogP contribution in [0.3, 0.4) is 0 Å². The number of anilines is 1. The van der Waals surface area contributed by atoms with Crippen LogP contribution in [-0.4, -0.2) is 24.3 Å². The highest BCUT2D eigenvalue weighted by molar-refractivity contribution is 6.31. The summed E-state index contributed by atoms with van der Waals surface area (Å²) in [5.74, 6) is 0. The zero-order valence-electron chi connectivity index (χ0n) is 9.19. The fourth-order valence-corrected chi connectivity index (χ4v) is 2.47. The second-order valence-electron chi connectivity index (χ2n) is 4.18. The average Bonchev–Trinajstić information content (AvgIpc) is 2.28. The molecule has 4 heteroatoms. The molecular formula is C12H17ClN2O. The van der Waals surface area contributed by atoms with Crippen molar-refractivity contribution in [1.82, 2.24) is 0 Å². The van der Waals surface area contributed by atoms with Gasteiger partial charge in [-0.3, -0.25) is 0 Å². The van der Waals surface area contributed by atoms with Crippen molar-refractivity contribution in [3.63, 3.8) is 0 Å². The molecule has 0 aliphatic carbocycles. The first-order chi connectivity index (χ1) is 7.72. The summed E-state index contributed by atoms with van der Waals surface area (Å²) in [5, 5.41) is 10.4. The highest BCUT2D eigenvalue weighted by atomic mass is 35.5. The number of halogens is 1. The van der Waals surface area contributed by atoms with Gasteiger partial charge < -0.3 is 15.7 Å². The van der Waals surface area contributed by atoms with Crippen LogP contribution >= 0.6 is 11.6 Å². The van der Waals surface area contributed by atoms with Gasteiger partial charge in [-0.05, 0) is 25.0 Å². The molecule has 1 fully saturated rings. The molecule has 0 bridgehead atoms. The summed E-state index contributed by atoms with van der Waals surface area (Å²) >= 11 is 6.12. The van der Waals surface area contributed by atoms with Gasteiger partial charge in [0.05, 0.1) is 6.10 Å². The second-order valence-corrected chi connectivity index (χ2v) is 4.59. The van der Waals surface area contributed by atoms with Crippen molar-refractivity contribution in [2.24, 2.45) is 5.73 Å². The third kappa shape index (κ3) is 2.32. The zero-order valence-corrected chi connectivity index (χ0v) is 9.95. The van der Waals surface area contributed by atoms with Crippen LogP contribution in [-0.2, 0) is 6.54 Å². The van der Waals surface area contributed by atoms with Crippen LogP contribution in [0.2, 0.25) is 5.02 Å². The summed E-state index contributed by atoms with van der Waals surface area (Å²) in [6.45, 7) is 2.07. The first kappa shape index (κ1) is 11.7. The number of rotatable bonds is 2. The van der Waals surface area contributed by atoms with E-state index in [9.17, 15) is 5.11 Å². The standard InChI is InChI=1S/C12H17ClN2O/c13-11-4-1-5-12(10(11)7-14)15-6-2-3-9(16)8-15/h1,4-5,9,16H,2-3,6-8,14H2. The molecule has 1 aliphatic rings. The van der Waals surface area contributed by atoms with Crippen molar-refractivity contribution in [3.8, 4) is 0 Å². The Bertz CT molecular complexity index is 370. The van der Waals surface area contributed by atoms with E-state index >= 15 is 0 Å². The maximum atomic E-state index is 9.67. The molecule has 0 aromatic heterocycles. The summed E-state index contributed by atoms with van der Waals surface area (Å²) in [6.07, 6.45) is 1.66. The average molecular weight is 241 g/mol. The van der Waals surface area contributed by atoms with E-state index in [1.165, 1.54) is 0 Å². The van der Waals surface area contributed by atoms with Gasteiger partial charge in [-0.25, -0.2) is 0 Å². The van der Waals surface area contributed by atoms with E-state index in [0.29, 0.717) is 18.1 Å². The van der Waals surface area contributed by atoms with Crippen LogP contribution < -0.4 is 10.6 Å². The Morgan fingerprint density at radius 1 is 1.50 bits per heavy atom. The minimum atomic E-state index is -0.238. The molecule has 3 nitrogen and oxygen atoms in total. The molecule has 0 amide bonds. The molecule has 1 aromatic rings.